The predicted octanol–water partition coefficient (Wildman–Crippen LogP) is -2.08. The third kappa shape index (κ3) is 5.14. The molecule has 1 fully saturated rings. The predicted molar refractivity (Wildman–Crippen MR) is 50.4 cm³/mol. The average Bonchev–Trinajstić information content (AvgIpc) is 2.41. The Morgan fingerprint density at radius 1 is 1.40 bits per heavy atom. The van der Waals surface area contributed by atoms with Gasteiger partial charge in [-0.15, -0.1) is 0 Å². The van der Waals surface area contributed by atoms with Gasteiger partial charge in [0.2, 0.25) is 0 Å². The van der Waals surface area contributed by atoms with Gasteiger partial charge in [-0.1, -0.05) is 19.8 Å². The number of carbonyl (C=O) groups is 2. The Morgan fingerprint density at radius 2 is 2.00 bits per heavy atom. The van der Waals surface area contributed by atoms with Crippen molar-refractivity contribution < 1.29 is 44.3 Å². The molecule has 0 bridgehead atoms. The Labute approximate surface area is 113 Å². The van der Waals surface area contributed by atoms with Gasteiger partial charge in [0.05, 0.1) is 0 Å². The quantitative estimate of drug-likeness (QED) is 0.499. The summed E-state index contributed by atoms with van der Waals surface area (Å²) >= 11 is 0. The van der Waals surface area contributed by atoms with Crippen molar-refractivity contribution in [2.75, 3.05) is 0 Å². The minimum atomic E-state index is -1.02. The summed E-state index contributed by atoms with van der Waals surface area (Å²) in [5.41, 5.74) is 0. The molecule has 0 spiro atoms. The summed E-state index contributed by atoms with van der Waals surface area (Å²) < 4.78 is 0. The molecule has 1 saturated carbocycles. The third-order valence-electron chi connectivity index (χ3n) is 3.00. The third-order valence-corrected chi connectivity index (χ3v) is 3.00. The molecule has 0 saturated heterocycles. The molecule has 80 valence electrons. The Balaban J connectivity index is 0.00000196. The van der Waals surface area contributed by atoms with Crippen LogP contribution in [0.3, 0.4) is 0 Å². The van der Waals surface area contributed by atoms with Crippen LogP contribution >= 0.6 is 0 Å². The monoisotopic (exact) mass is 220 g/mol. The molecule has 0 aliphatic heterocycles. The zero-order valence-electron chi connectivity index (χ0n) is 9.62. The fourth-order valence-corrected chi connectivity index (χ4v) is 2.26. The molecule has 0 N–H and O–H groups in total. The van der Waals surface area contributed by atoms with Gasteiger partial charge in [0.1, 0.15) is 5.78 Å². The molecule has 4 heteroatoms. The van der Waals surface area contributed by atoms with E-state index in [9.17, 15) is 14.7 Å². The van der Waals surface area contributed by atoms with E-state index in [0.717, 1.165) is 19.3 Å². The van der Waals surface area contributed by atoms with E-state index in [1.165, 1.54) is 0 Å². The Kier molecular flexibility index (Phi) is 7.49. The van der Waals surface area contributed by atoms with Crippen LogP contribution in [0.15, 0.2) is 0 Å². The first-order chi connectivity index (χ1) is 6.63. The Hall–Kier alpha value is 0.140. The minimum Gasteiger partial charge on any atom is -0.550 e. The van der Waals surface area contributed by atoms with Crippen molar-refractivity contribution in [2.24, 2.45) is 11.8 Å². The van der Waals surface area contributed by atoms with E-state index >= 15 is 0 Å². The van der Waals surface area contributed by atoms with Crippen molar-refractivity contribution in [1.82, 2.24) is 0 Å². The van der Waals surface area contributed by atoms with Crippen molar-refractivity contribution in [2.45, 2.75) is 45.4 Å². The van der Waals surface area contributed by atoms with Crippen molar-refractivity contribution in [3.05, 3.63) is 0 Å². The Morgan fingerprint density at radius 3 is 2.53 bits per heavy atom. The topological polar surface area (TPSA) is 57.2 Å². The fourth-order valence-electron chi connectivity index (χ4n) is 2.26. The summed E-state index contributed by atoms with van der Waals surface area (Å²) in [6.07, 6.45) is 4.25. The van der Waals surface area contributed by atoms with Crippen LogP contribution < -0.4 is 34.7 Å². The summed E-state index contributed by atoms with van der Waals surface area (Å²) in [5.74, 6) is -0.469. The van der Waals surface area contributed by atoms with Gasteiger partial charge in [0.15, 0.2) is 0 Å². The van der Waals surface area contributed by atoms with E-state index in [1.807, 2.05) is 0 Å². The summed E-state index contributed by atoms with van der Waals surface area (Å²) in [6.45, 7) is 2.10. The zero-order chi connectivity index (χ0) is 10.6. The SMILES string of the molecule is CCCCC1CC(=O)CC1CC(=O)[O-].[Na+]. The summed E-state index contributed by atoms with van der Waals surface area (Å²) in [7, 11) is 0. The normalized spacial score (nSPS) is 25.0. The largest absolute Gasteiger partial charge is 1.00 e. The molecule has 2 unspecified atom stereocenters. The van der Waals surface area contributed by atoms with E-state index in [4.69, 9.17) is 0 Å². The summed E-state index contributed by atoms with van der Waals surface area (Å²) in [5, 5.41) is 10.5. The minimum absolute atomic E-state index is 0. The van der Waals surface area contributed by atoms with Gasteiger partial charge >= 0.3 is 29.6 Å². The average molecular weight is 220 g/mol. The number of aliphatic carboxylic acids is 1. The van der Waals surface area contributed by atoms with Crippen LogP contribution in [0.25, 0.3) is 0 Å². The summed E-state index contributed by atoms with van der Waals surface area (Å²) in [4.78, 5) is 21.7. The molecule has 0 aromatic heterocycles. The molecule has 1 aliphatic carbocycles. The van der Waals surface area contributed by atoms with E-state index in [0.29, 0.717) is 18.8 Å². The molecule has 0 heterocycles. The second-order valence-electron chi connectivity index (χ2n) is 4.19. The van der Waals surface area contributed by atoms with Gasteiger partial charge in [-0.3, -0.25) is 4.79 Å². The molecular formula is C11H17NaO3. The maximum atomic E-state index is 11.2. The maximum Gasteiger partial charge on any atom is 1.00 e. The van der Waals surface area contributed by atoms with Crippen LogP contribution in [-0.2, 0) is 9.59 Å². The van der Waals surface area contributed by atoms with Crippen molar-refractivity contribution in [1.29, 1.82) is 0 Å². The zero-order valence-corrected chi connectivity index (χ0v) is 11.6. The molecule has 3 nitrogen and oxygen atoms in total. The molecule has 2 atom stereocenters. The molecule has 0 aromatic carbocycles. The van der Waals surface area contributed by atoms with E-state index in [1.54, 1.807) is 0 Å². The molecule has 0 aromatic rings. The van der Waals surface area contributed by atoms with E-state index in [-0.39, 0.29) is 47.7 Å². The van der Waals surface area contributed by atoms with E-state index in [2.05, 4.69) is 6.92 Å². The number of Topliss-reactive ketones (excluding diaryl/α,β-unsaturated/α-hetero) is 1. The number of hydrogen-bond acceptors (Lipinski definition) is 3. The molecular weight excluding hydrogens is 203 g/mol. The number of carboxylic acid groups (broad SMARTS) is 1. The van der Waals surface area contributed by atoms with Gasteiger partial charge in [-0.25, -0.2) is 0 Å². The molecule has 1 aliphatic rings. The van der Waals surface area contributed by atoms with Crippen LogP contribution in [0.2, 0.25) is 0 Å². The first kappa shape index (κ1) is 15.1. The van der Waals surface area contributed by atoms with Gasteiger partial charge < -0.3 is 9.90 Å². The maximum absolute atomic E-state index is 11.2. The van der Waals surface area contributed by atoms with Gasteiger partial charge in [0, 0.05) is 18.8 Å². The van der Waals surface area contributed by atoms with Gasteiger partial charge in [0.25, 0.3) is 0 Å². The number of rotatable bonds is 5. The van der Waals surface area contributed by atoms with Crippen molar-refractivity contribution in [3.63, 3.8) is 0 Å². The number of carboxylic acids is 1. The fraction of sp³-hybridized carbons (Fsp3) is 0.818. The van der Waals surface area contributed by atoms with Crippen LogP contribution in [-0.4, -0.2) is 11.8 Å². The molecule has 15 heavy (non-hydrogen) atoms. The molecule has 0 amide bonds. The second kappa shape index (κ2) is 7.42. The molecule has 1 rings (SSSR count). The van der Waals surface area contributed by atoms with Crippen molar-refractivity contribution in [3.8, 4) is 0 Å². The number of unbranched alkanes of at least 4 members (excludes halogenated alkanes) is 1. The van der Waals surface area contributed by atoms with Crippen molar-refractivity contribution >= 4 is 11.8 Å². The van der Waals surface area contributed by atoms with E-state index < -0.39 is 5.97 Å². The number of hydrogen-bond donors (Lipinski definition) is 0. The first-order valence-electron chi connectivity index (χ1n) is 5.35. The van der Waals surface area contributed by atoms with Crippen LogP contribution in [0.4, 0.5) is 0 Å². The number of carbonyl (C=O) groups excluding carboxylic acids is 2. The van der Waals surface area contributed by atoms with Crippen LogP contribution in [0.1, 0.15) is 45.4 Å². The van der Waals surface area contributed by atoms with Crippen LogP contribution in [0, 0.1) is 11.8 Å². The number of ketones is 1. The second-order valence-corrected chi connectivity index (χ2v) is 4.19. The first-order valence-corrected chi connectivity index (χ1v) is 5.35. The van der Waals surface area contributed by atoms with Gasteiger partial charge in [-0.2, -0.15) is 0 Å². The standard InChI is InChI=1S/C11H18O3.Na/c1-2-3-4-8-5-10(12)6-9(8)7-11(13)14;/h8-9H,2-7H2,1H3,(H,13,14);/q;+1/p-1. The smallest absolute Gasteiger partial charge is 0.550 e. The van der Waals surface area contributed by atoms with Gasteiger partial charge in [-0.05, 0) is 24.7 Å². The summed E-state index contributed by atoms with van der Waals surface area (Å²) in [6, 6.07) is 0. The van der Waals surface area contributed by atoms with Crippen LogP contribution in [0.5, 0.6) is 0 Å². The Bertz CT molecular complexity index is 228. The molecule has 0 radical (unpaired) electrons.